The Labute approximate surface area is 116 Å². The van der Waals surface area contributed by atoms with Gasteiger partial charge < -0.3 is 15.0 Å². The summed E-state index contributed by atoms with van der Waals surface area (Å²) >= 11 is 0. The van der Waals surface area contributed by atoms with E-state index in [2.05, 4.69) is 4.79 Å². The van der Waals surface area contributed by atoms with Crippen LogP contribution in [0, 0.1) is 0 Å². The van der Waals surface area contributed by atoms with Crippen molar-refractivity contribution in [2.45, 2.75) is 0 Å². The Balaban J connectivity index is 2.16. The van der Waals surface area contributed by atoms with E-state index in [0.717, 1.165) is 0 Å². The van der Waals surface area contributed by atoms with E-state index in [0.29, 0.717) is 17.1 Å². The van der Waals surface area contributed by atoms with Gasteiger partial charge in [-0.25, -0.2) is 4.79 Å². The summed E-state index contributed by atoms with van der Waals surface area (Å²) in [6.07, 6.45) is 0. The Bertz CT molecular complexity index is 645. The second-order valence-corrected chi connectivity index (χ2v) is 3.88. The monoisotopic (exact) mass is 268 g/mol. The van der Waals surface area contributed by atoms with Gasteiger partial charge in [-0.2, -0.15) is 4.79 Å². The first-order valence-corrected chi connectivity index (χ1v) is 5.88. The van der Waals surface area contributed by atoms with Gasteiger partial charge in [-0.1, -0.05) is 18.2 Å². The van der Waals surface area contributed by atoms with E-state index >= 15 is 0 Å². The van der Waals surface area contributed by atoms with E-state index in [4.69, 9.17) is 15.0 Å². The molecule has 0 aliphatic rings. The number of esters is 1. The van der Waals surface area contributed by atoms with Gasteiger partial charge in [-0.05, 0) is 36.4 Å². The molecule has 0 aliphatic heterocycles. The SMILES string of the molecule is COc1ccc(OC(=O)C(=[N+]=[N-])c2ccccc2)cc1. The number of nitrogens with zero attached hydrogens (tertiary/aromatic N) is 2. The number of methoxy groups -OCH3 is 1. The highest BCUT2D eigenvalue weighted by atomic mass is 16.5. The molecular weight excluding hydrogens is 256 g/mol. The molecule has 2 aromatic rings. The van der Waals surface area contributed by atoms with Crippen LogP contribution >= 0.6 is 0 Å². The van der Waals surface area contributed by atoms with Gasteiger partial charge in [0.25, 0.3) is 0 Å². The van der Waals surface area contributed by atoms with Crippen molar-refractivity contribution in [3.05, 3.63) is 65.7 Å². The Morgan fingerprint density at radius 3 is 2.15 bits per heavy atom. The second kappa shape index (κ2) is 6.31. The molecule has 0 heterocycles. The molecule has 0 unspecified atom stereocenters. The quantitative estimate of drug-likeness (QED) is 0.281. The van der Waals surface area contributed by atoms with Crippen LogP contribution in [-0.2, 0) is 4.79 Å². The molecule has 0 aromatic heterocycles. The van der Waals surface area contributed by atoms with E-state index in [9.17, 15) is 4.79 Å². The molecular formula is C15H12N2O3. The maximum absolute atomic E-state index is 12.0. The van der Waals surface area contributed by atoms with E-state index < -0.39 is 5.97 Å². The lowest BCUT2D eigenvalue weighted by Crippen LogP contribution is -2.22. The lowest BCUT2D eigenvalue weighted by molar-refractivity contribution is -0.131. The van der Waals surface area contributed by atoms with Gasteiger partial charge in [0.15, 0.2) is 0 Å². The topological polar surface area (TPSA) is 71.9 Å². The summed E-state index contributed by atoms with van der Waals surface area (Å²) in [7, 11) is 1.55. The minimum atomic E-state index is -0.733. The summed E-state index contributed by atoms with van der Waals surface area (Å²) in [6.45, 7) is 0. The fraction of sp³-hybridized carbons (Fsp3) is 0.0667. The van der Waals surface area contributed by atoms with Crippen molar-refractivity contribution in [3.8, 4) is 11.5 Å². The molecule has 0 radical (unpaired) electrons. The molecule has 0 saturated carbocycles. The van der Waals surface area contributed by atoms with Crippen LogP contribution in [0.15, 0.2) is 54.6 Å². The molecule has 0 fully saturated rings. The number of ether oxygens (including phenoxy) is 2. The number of carbonyl (C=O) groups is 1. The molecule has 0 N–H and O–H groups in total. The summed E-state index contributed by atoms with van der Waals surface area (Å²) < 4.78 is 10.1. The summed E-state index contributed by atoms with van der Waals surface area (Å²) in [5.41, 5.74) is 9.31. The molecule has 2 rings (SSSR count). The second-order valence-electron chi connectivity index (χ2n) is 3.88. The fourth-order valence-electron chi connectivity index (χ4n) is 1.61. The molecule has 5 heteroatoms. The minimum absolute atomic E-state index is 0.151. The Morgan fingerprint density at radius 1 is 1.00 bits per heavy atom. The largest absolute Gasteiger partial charge is 0.497 e. The third kappa shape index (κ3) is 3.10. The van der Waals surface area contributed by atoms with Crippen LogP contribution in [0.2, 0.25) is 0 Å². The van der Waals surface area contributed by atoms with Crippen LogP contribution in [0.3, 0.4) is 0 Å². The summed E-state index contributed by atoms with van der Waals surface area (Å²) in [5.74, 6) is 0.264. The highest BCUT2D eigenvalue weighted by Gasteiger charge is 2.24. The molecule has 20 heavy (non-hydrogen) atoms. The van der Waals surface area contributed by atoms with Crippen molar-refractivity contribution >= 4 is 11.7 Å². The van der Waals surface area contributed by atoms with Crippen LogP contribution in [0.25, 0.3) is 5.53 Å². The number of carbonyl (C=O) groups excluding carboxylic acids is 1. The summed E-state index contributed by atoms with van der Waals surface area (Å²) in [4.78, 5) is 15.0. The summed E-state index contributed by atoms with van der Waals surface area (Å²) in [6, 6.07) is 15.1. The van der Waals surface area contributed by atoms with Crippen LogP contribution in [-0.4, -0.2) is 23.6 Å². The number of hydrogen-bond donors (Lipinski definition) is 0. The maximum Gasteiger partial charge on any atom is 0.427 e. The first-order chi connectivity index (χ1) is 9.74. The van der Waals surface area contributed by atoms with Crippen molar-refractivity contribution in [2.24, 2.45) is 0 Å². The van der Waals surface area contributed by atoms with Gasteiger partial charge in [0.1, 0.15) is 11.5 Å². The van der Waals surface area contributed by atoms with Crippen molar-refractivity contribution in [2.75, 3.05) is 7.11 Å². The summed E-state index contributed by atoms with van der Waals surface area (Å²) in [5, 5.41) is 0. The van der Waals surface area contributed by atoms with Crippen LogP contribution < -0.4 is 9.47 Å². The Hall–Kier alpha value is -2.91. The standard InChI is InChI=1S/C15H12N2O3/c1-19-12-7-9-13(10-8-12)20-15(18)14(17-16)11-5-3-2-4-6-11/h2-10H,1H3. The third-order valence-corrected chi connectivity index (χ3v) is 2.61. The van der Waals surface area contributed by atoms with Crippen molar-refractivity contribution in [1.29, 1.82) is 0 Å². The molecule has 0 saturated heterocycles. The van der Waals surface area contributed by atoms with Crippen LogP contribution in [0.4, 0.5) is 0 Å². The van der Waals surface area contributed by atoms with Gasteiger partial charge >= 0.3 is 11.7 Å². The van der Waals surface area contributed by atoms with E-state index in [1.165, 1.54) is 0 Å². The van der Waals surface area contributed by atoms with E-state index in [1.807, 2.05) is 0 Å². The first-order valence-electron chi connectivity index (χ1n) is 5.88. The lowest BCUT2D eigenvalue weighted by Gasteiger charge is -2.03. The normalized spacial score (nSPS) is 9.45. The smallest absolute Gasteiger partial charge is 0.427 e. The van der Waals surface area contributed by atoms with Gasteiger partial charge in [0, 0.05) is 0 Å². The Kier molecular flexibility index (Phi) is 4.27. The van der Waals surface area contributed by atoms with Crippen LogP contribution in [0.5, 0.6) is 11.5 Å². The highest BCUT2D eigenvalue weighted by molar-refractivity contribution is 6.41. The van der Waals surface area contributed by atoms with Gasteiger partial charge in [0.05, 0.1) is 12.7 Å². The zero-order chi connectivity index (χ0) is 14.4. The predicted octanol–water partition coefficient (Wildman–Crippen LogP) is 2.32. The molecule has 0 atom stereocenters. The molecule has 0 aliphatic carbocycles. The highest BCUT2D eigenvalue weighted by Crippen LogP contribution is 2.17. The molecule has 5 nitrogen and oxygen atoms in total. The van der Waals surface area contributed by atoms with E-state index in [-0.39, 0.29) is 5.71 Å². The molecule has 0 spiro atoms. The third-order valence-electron chi connectivity index (χ3n) is 2.61. The number of benzene rings is 2. The molecule has 100 valence electrons. The molecule has 2 aromatic carbocycles. The van der Waals surface area contributed by atoms with Crippen LogP contribution in [0.1, 0.15) is 5.56 Å². The van der Waals surface area contributed by atoms with Gasteiger partial charge in [-0.15, -0.1) is 0 Å². The maximum atomic E-state index is 12.0. The molecule has 0 bridgehead atoms. The first kappa shape index (κ1) is 13.5. The minimum Gasteiger partial charge on any atom is -0.497 e. The average molecular weight is 268 g/mol. The average Bonchev–Trinajstić information content (AvgIpc) is 2.50. The predicted molar refractivity (Wildman–Crippen MR) is 72.8 cm³/mol. The fourth-order valence-corrected chi connectivity index (χ4v) is 1.61. The lowest BCUT2D eigenvalue weighted by atomic mass is 10.1. The number of rotatable bonds is 4. The Morgan fingerprint density at radius 2 is 1.60 bits per heavy atom. The van der Waals surface area contributed by atoms with Gasteiger partial charge in [-0.3, -0.25) is 0 Å². The molecule has 0 amide bonds. The number of hydrogen-bond acceptors (Lipinski definition) is 3. The van der Waals surface area contributed by atoms with Crippen molar-refractivity contribution < 1.29 is 19.1 Å². The van der Waals surface area contributed by atoms with E-state index in [1.54, 1.807) is 61.7 Å². The van der Waals surface area contributed by atoms with Crippen molar-refractivity contribution in [3.63, 3.8) is 0 Å². The zero-order valence-electron chi connectivity index (χ0n) is 10.8. The van der Waals surface area contributed by atoms with Crippen molar-refractivity contribution in [1.82, 2.24) is 0 Å². The zero-order valence-corrected chi connectivity index (χ0v) is 10.8. The van der Waals surface area contributed by atoms with Gasteiger partial charge in [0.2, 0.25) is 0 Å².